The van der Waals surface area contributed by atoms with E-state index < -0.39 is 11.5 Å². The number of nitrogens with zero attached hydrogens (tertiary/aromatic N) is 1. The Kier molecular flexibility index (Phi) is 4.99. The Balaban J connectivity index is 2.70. The van der Waals surface area contributed by atoms with E-state index in [1.807, 2.05) is 6.92 Å². The lowest BCUT2D eigenvalue weighted by atomic mass is 9.91. The molecule has 0 bridgehead atoms. The second-order valence-electron chi connectivity index (χ2n) is 5.81. The summed E-state index contributed by atoms with van der Waals surface area (Å²) in [6.45, 7) is 9.57. The van der Waals surface area contributed by atoms with Crippen LogP contribution in [0.1, 0.15) is 59.8 Å². The van der Waals surface area contributed by atoms with Gasteiger partial charge >= 0.3 is 5.97 Å². The Morgan fingerprint density at radius 1 is 1.35 bits per heavy atom. The molecule has 0 aliphatic carbocycles. The van der Waals surface area contributed by atoms with Crippen LogP contribution in [0.4, 0.5) is 0 Å². The summed E-state index contributed by atoms with van der Waals surface area (Å²) in [6.07, 6.45) is 4.83. The molecule has 0 amide bonds. The number of carboxylic acids is 1. The standard InChI is InChI=1S/C14H27NO2/c1-5-14(13(16)17)9-6-10-15(14)12(4)8-7-11(2)3/h11-12H,5-10H2,1-4H3,(H,16,17). The van der Waals surface area contributed by atoms with E-state index in [4.69, 9.17) is 0 Å². The van der Waals surface area contributed by atoms with Crippen LogP contribution in [-0.4, -0.2) is 34.1 Å². The maximum Gasteiger partial charge on any atom is 0.324 e. The summed E-state index contributed by atoms with van der Waals surface area (Å²) in [4.78, 5) is 13.8. The zero-order chi connectivity index (χ0) is 13.1. The van der Waals surface area contributed by atoms with Crippen molar-refractivity contribution in [3.8, 4) is 0 Å². The van der Waals surface area contributed by atoms with E-state index in [1.54, 1.807) is 0 Å². The predicted molar refractivity (Wildman–Crippen MR) is 70.1 cm³/mol. The van der Waals surface area contributed by atoms with Gasteiger partial charge in [-0.1, -0.05) is 20.8 Å². The minimum Gasteiger partial charge on any atom is -0.480 e. The number of aliphatic carboxylic acids is 1. The lowest BCUT2D eigenvalue weighted by molar-refractivity contribution is -0.151. The molecule has 3 heteroatoms. The fourth-order valence-electron chi connectivity index (χ4n) is 3.03. The highest BCUT2D eigenvalue weighted by Gasteiger charge is 2.47. The van der Waals surface area contributed by atoms with Crippen LogP contribution >= 0.6 is 0 Å². The lowest BCUT2D eigenvalue weighted by Gasteiger charge is -2.38. The van der Waals surface area contributed by atoms with Crippen LogP contribution in [0.3, 0.4) is 0 Å². The number of likely N-dealkylation sites (tertiary alicyclic amines) is 1. The van der Waals surface area contributed by atoms with Crippen molar-refractivity contribution < 1.29 is 9.90 Å². The van der Waals surface area contributed by atoms with E-state index in [2.05, 4.69) is 25.7 Å². The normalized spacial score (nSPS) is 27.6. The van der Waals surface area contributed by atoms with Gasteiger partial charge in [-0.05, 0) is 51.5 Å². The highest BCUT2D eigenvalue weighted by Crippen LogP contribution is 2.35. The molecule has 100 valence electrons. The Morgan fingerprint density at radius 2 is 2.00 bits per heavy atom. The molecule has 3 nitrogen and oxygen atoms in total. The van der Waals surface area contributed by atoms with Crippen molar-refractivity contribution in [1.29, 1.82) is 0 Å². The van der Waals surface area contributed by atoms with Gasteiger partial charge in [0.05, 0.1) is 0 Å². The van der Waals surface area contributed by atoms with Crippen LogP contribution in [-0.2, 0) is 4.79 Å². The summed E-state index contributed by atoms with van der Waals surface area (Å²) in [5, 5.41) is 9.52. The number of hydrogen-bond acceptors (Lipinski definition) is 2. The van der Waals surface area contributed by atoms with Crippen molar-refractivity contribution in [3.05, 3.63) is 0 Å². The fourth-order valence-corrected chi connectivity index (χ4v) is 3.03. The van der Waals surface area contributed by atoms with Gasteiger partial charge in [0.25, 0.3) is 0 Å². The Morgan fingerprint density at radius 3 is 2.47 bits per heavy atom. The number of hydrogen-bond donors (Lipinski definition) is 1. The zero-order valence-electron chi connectivity index (χ0n) is 11.7. The van der Waals surface area contributed by atoms with Gasteiger partial charge < -0.3 is 5.11 Å². The van der Waals surface area contributed by atoms with E-state index in [1.165, 1.54) is 6.42 Å². The van der Waals surface area contributed by atoms with Gasteiger partial charge in [0, 0.05) is 6.04 Å². The first-order valence-corrected chi connectivity index (χ1v) is 6.94. The van der Waals surface area contributed by atoms with Crippen molar-refractivity contribution in [3.63, 3.8) is 0 Å². The number of carboxylic acid groups (broad SMARTS) is 1. The molecule has 0 radical (unpaired) electrons. The Hall–Kier alpha value is -0.570. The first kappa shape index (κ1) is 14.5. The molecule has 0 aromatic carbocycles. The fraction of sp³-hybridized carbons (Fsp3) is 0.929. The molecule has 1 N–H and O–H groups in total. The summed E-state index contributed by atoms with van der Waals surface area (Å²) in [6, 6.07) is 0.385. The van der Waals surface area contributed by atoms with Crippen molar-refractivity contribution in [1.82, 2.24) is 4.90 Å². The van der Waals surface area contributed by atoms with Crippen LogP contribution in [0.25, 0.3) is 0 Å². The van der Waals surface area contributed by atoms with E-state index in [9.17, 15) is 9.90 Å². The van der Waals surface area contributed by atoms with Gasteiger partial charge in [-0.3, -0.25) is 9.69 Å². The van der Waals surface area contributed by atoms with E-state index in [-0.39, 0.29) is 0 Å². The van der Waals surface area contributed by atoms with E-state index in [0.717, 1.165) is 25.8 Å². The molecule has 0 saturated carbocycles. The summed E-state index contributed by atoms with van der Waals surface area (Å²) in [7, 11) is 0. The highest BCUT2D eigenvalue weighted by atomic mass is 16.4. The number of carbonyl (C=O) groups is 1. The summed E-state index contributed by atoms with van der Waals surface area (Å²) >= 11 is 0. The van der Waals surface area contributed by atoms with Crippen molar-refractivity contribution in [2.45, 2.75) is 71.4 Å². The molecule has 1 saturated heterocycles. The highest BCUT2D eigenvalue weighted by molar-refractivity contribution is 5.79. The molecule has 1 heterocycles. The van der Waals surface area contributed by atoms with Crippen molar-refractivity contribution >= 4 is 5.97 Å². The maximum atomic E-state index is 11.6. The third-order valence-electron chi connectivity index (χ3n) is 4.22. The average molecular weight is 241 g/mol. The van der Waals surface area contributed by atoms with Gasteiger partial charge in [-0.15, -0.1) is 0 Å². The van der Waals surface area contributed by atoms with Crippen LogP contribution in [0.15, 0.2) is 0 Å². The minimum absolute atomic E-state index is 0.385. The monoisotopic (exact) mass is 241 g/mol. The van der Waals surface area contributed by atoms with E-state index in [0.29, 0.717) is 18.4 Å². The average Bonchev–Trinajstić information content (AvgIpc) is 2.70. The third-order valence-corrected chi connectivity index (χ3v) is 4.22. The van der Waals surface area contributed by atoms with Crippen LogP contribution < -0.4 is 0 Å². The Bertz CT molecular complexity index is 265. The maximum absolute atomic E-state index is 11.6. The second kappa shape index (κ2) is 5.85. The second-order valence-corrected chi connectivity index (χ2v) is 5.81. The molecule has 0 aromatic rings. The molecule has 0 aromatic heterocycles. The minimum atomic E-state index is -0.631. The molecule has 1 aliphatic rings. The number of rotatable bonds is 6. The van der Waals surface area contributed by atoms with Crippen LogP contribution in [0, 0.1) is 5.92 Å². The largest absolute Gasteiger partial charge is 0.480 e. The quantitative estimate of drug-likeness (QED) is 0.776. The van der Waals surface area contributed by atoms with Crippen LogP contribution in [0.5, 0.6) is 0 Å². The van der Waals surface area contributed by atoms with Gasteiger partial charge in [-0.2, -0.15) is 0 Å². The predicted octanol–water partition coefficient (Wildman–Crippen LogP) is 3.14. The smallest absolute Gasteiger partial charge is 0.324 e. The summed E-state index contributed by atoms with van der Waals surface area (Å²) in [5.41, 5.74) is -0.587. The zero-order valence-corrected chi connectivity index (χ0v) is 11.7. The topological polar surface area (TPSA) is 40.5 Å². The Labute approximate surface area is 105 Å². The first-order valence-electron chi connectivity index (χ1n) is 6.94. The first-order chi connectivity index (χ1) is 7.94. The van der Waals surface area contributed by atoms with Gasteiger partial charge in [0.1, 0.15) is 5.54 Å². The van der Waals surface area contributed by atoms with Crippen molar-refractivity contribution in [2.75, 3.05) is 6.54 Å². The summed E-state index contributed by atoms with van der Waals surface area (Å²) < 4.78 is 0. The lowest BCUT2D eigenvalue weighted by Crippen LogP contribution is -2.53. The molecule has 17 heavy (non-hydrogen) atoms. The molecule has 0 spiro atoms. The third kappa shape index (κ3) is 3.01. The molecule has 1 fully saturated rings. The van der Waals surface area contributed by atoms with E-state index >= 15 is 0 Å². The van der Waals surface area contributed by atoms with Gasteiger partial charge in [0.15, 0.2) is 0 Å². The molecule has 1 aliphatic heterocycles. The molecule has 2 unspecified atom stereocenters. The van der Waals surface area contributed by atoms with Crippen molar-refractivity contribution in [2.24, 2.45) is 5.92 Å². The SMILES string of the molecule is CCC1(C(=O)O)CCCN1C(C)CCC(C)C. The molecular weight excluding hydrogens is 214 g/mol. The summed E-state index contributed by atoms with van der Waals surface area (Å²) in [5.74, 6) is 0.0646. The van der Waals surface area contributed by atoms with Crippen LogP contribution in [0.2, 0.25) is 0 Å². The molecule has 1 rings (SSSR count). The van der Waals surface area contributed by atoms with Gasteiger partial charge in [-0.25, -0.2) is 0 Å². The molecule has 2 atom stereocenters. The van der Waals surface area contributed by atoms with Gasteiger partial charge in [0.2, 0.25) is 0 Å². The molecular formula is C14H27NO2.